The van der Waals surface area contributed by atoms with E-state index in [-0.39, 0.29) is 12.5 Å². The molecule has 0 aliphatic carbocycles. The molecule has 1 N–H and O–H groups in total. The van der Waals surface area contributed by atoms with E-state index in [1.165, 1.54) is 11.1 Å². The highest BCUT2D eigenvalue weighted by molar-refractivity contribution is 6.30. The van der Waals surface area contributed by atoms with Gasteiger partial charge in [-0.2, -0.15) is 0 Å². The zero-order valence-electron chi connectivity index (χ0n) is 16.0. The van der Waals surface area contributed by atoms with Gasteiger partial charge in [0.2, 0.25) is 5.89 Å². The number of rotatable bonds is 5. The van der Waals surface area contributed by atoms with Gasteiger partial charge in [-0.05, 0) is 79.6 Å². The van der Waals surface area contributed by atoms with Crippen molar-refractivity contribution in [2.24, 2.45) is 0 Å². The van der Waals surface area contributed by atoms with Crippen LogP contribution in [0.2, 0.25) is 5.02 Å². The molecule has 1 heterocycles. The number of hydrogen-bond acceptors (Lipinski definition) is 4. The van der Waals surface area contributed by atoms with Gasteiger partial charge in [-0.1, -0.05) is 17.7 Å². The molecule has 29 heavy (non-hydrogen) atoms. The lowest BCUT2D eigenvalue weighted by atomic mass is 10.1. The zero-order chi connectivity index (χ0) is 20.4. The van der Waals surface area contributed by atoms with Gasteiger partial charge in [0.05, 0.1) is 0 Å². The van der Waals surface area contributed by atoms with Gasteiger partial charge in [-0.15, -0.1) is 0 Å². The van der Waals surface area contributed by atoms with Crippen molar-refractivity contribution < 1.29 is 13.9 Å². The number of aryl methyl sites for hydroxylation is 2. The van der Waals surface area contributed by atoms with Crippen LogP contribution in [-0.4, -0.2) is 17.5 Å². The van der Waals surface area contributed by atoms with Crippen LogP contribution in [0.5, 0.6) is 5.75 Å². The quantitative estimate of drug-likeness (QED) is 0.456. The van der Waals surface area contributed by atoms with E-state index in [1.807, 2.05) is 12.1 Å². The Kier molecular flexibility index (Phi) is 5.23. The SMILES string of the molecule is Cc1ccc(-c2nc3cc(NC(=O)COc4ccc(Cl)cc4)ccc3o2)cc1C. The Labute approximate surface area is 173 Å². The fraction of sp³-hybridized carbons (Fsp3) is 0.130. The lowest BCUT2D eigenvalue weighted by Gasteiger charge is -2.07. The van der Waals surface area contributed by atoms with E-state index in [9.17, 15) is 4.79 Å². The Morgan fingerprint density at radius 3 is 2.59 bits per heavy atom. The number of nitrogens with one attached hydrogen (secondary N) is 1. The molecule has 0 bridgehead atoms. The lowest BCUT2D eigenvalue weighted by molar-refractivity contribution is -0.118. The van der Waals surface area contributed by atoms with Crippen molar-refractivity contribution in [3.05, 3.63) is 76.8 Å². The number of benzene rings is 3. The van der Waals surface area contributed by atoms with E-state index in [0.29, 0.717) is 33.4 Å². The van der Waals surface area contributed by atoms with Crippen LogP contribution in [0, 0.1) is 13.8 Å². The summed E-state index contributed by atoms with van der Waals surface area (Å²) < 4.78 is 11.3. The number of nitrogens with zero attached hydrogens (tertiary/aromatic N) is 1. The van der Waals surface area contributed by atoms with Crippen molar-refractivity contribution in [3.8, 4) is 17.2 Å². The Hall–Kier alpha value is -3.31. The predicted molar refractivity (Wildman–Crippen MR) is 114 cm³/mol. The Morgan fingerprint density at radius 1 is 1.03 bits per heavy atom. The molecule has 0 aliphatic rings. The van der Waals surface area contributed by atoms with E-state index in [1.54, 1.807) is 42.5 Å². The van der Waals surface area contributed by atoms with E-state index < -0.39 is 0 Å². The first-order valence-electron chi connectivity index (χ1n) is 9.14. The fourth-order valence-electron chi connectivity index (χ4n) is 2.88. The normalized spacial score (nSPS) is 10.9. The molecule has 0 radical (unpaired) electrons. The molecule has 0 atom stereocenters. The van der Waals surface area contributed by atoms with E-state index >= 15 is 0 Å². The first kappa shape index (κ1) is 19.0. The third kappa shape index (κ3) is 4.41. The molecule has 1 amide bonds. The van der Waals surface area contributed by atoms with Crippen LogP contribution in [0.15, 0.2) is 65.1 Å². The molecule has 0 fully saturated rings. The van der Waals surface area contributed by atoms with Gasteiger partial charge in [-0.25, -0.2) is 4.98 Å². The molecule has 4 rings (SSSR count). The topological polar surface area (TPSA) is 64.4 Å². The highest BCUT2D eigenvalue weighted by atomic mass is 35.5. The Balaban J connectivity index is 1.46. The third-order valence-electron chi connectivity index (χ3n) is 4.61. The van der Waals surface area contributed by atoms with Crippen LogP contribution in [0.4, 0.5) is 5.69 Å². The average Bonchev–Trinajstić information content (AvgIpc) is 3.13. The Bertz CT molecular complexity index is 1180. The minimum Gasteiger partial charge on any atom is -0.484 e. The van der Waals surface area contributed by atoms with Gasteiger partial charge in [0.1, 0.15) is 11.3 Å². The molecule has 3 aromatic carbocycles. The molecule has 4 aromatic rings. The predicted octanol–water partition coefficient (Wildman–Crippen LogP) is 5.78. The van der Waals surface area contributed by atoms with Crippen LogP contribution < -0.4 is 10.1 Å². The van der Waals surface area contributed by atoms with Gasteiger partial charge in [0.15, 0.2) is 12.2 Å². The maximum atomic E-state index is 12.2. The summed E-state index contributed by atoms with van der Waals surface area (Å²) in [4.78, 5) is 16.7. The summed E-state index contributed by atoms with van der Waals surface area (Å²) in [5.74, 6) is 0.865. The van der Waals surface area contributed by atoms with Crippen LogP contribution in [0.3, 0.4) is 0 Å². The van der Waals surface area contributed by atoms with Crippen molar-refractivity contribution in [1.82, 2.24) is 4.98 Å². The number of aromatic nitrogens is 1. The maximum Gasteiger partial charge on any atom is 0.262 e. The first-order valence-corrected chi connectivity index (χ1v) is 9.52. The summed E-state index contributed by atoms with van der Waals surface area (Å²) in [5, 5.41) is 3.42. The zero-order valence-corrected chi connectivity index (χ0v) is 16.8. The minimum absolute atomic E-state index is 0.105. The molecule has 0 saturated heterocycles. The fourth-order valence-corrected chi connectivity index (χ4v) is 3.01. The van der Waals surface area contributed by atoms with E-state index in [2.05, 4.69) is 30.2 Å². The standard InChI is InChI=1S/C23H19ClN2O3/c1-14-3-4-16(11-15(14)2)23-26-20-12-18(7-10-21(20)29-23)25-22(27)13-28-19-8-5-17(24)6-9-19/h3-12H,13H2,1-2H3,(H,25,27). The number of halogens is 1. The van der Waals surface area contributed by atoms with Crippen molar-refractivity contribution in [1.29, 1.82) is 0 Å². The monoisotopic (exact) mass is 406 g/mol. The van der Waals surface area contributed by atoms with Crippen LogP contribution >= 0.6 is 11.6 Å². The highest BCUT2D eigenvalue weighted by Gasteiger charge is 2.11. The second-order valence-electron chi connectivity index (χ2n) is 6.79. The number of ether oxygens (including phenoxy) is 1. The second kappa shape index (κ2) is 7.97. The summed E-state index contributed by atoms with van der Waals surface area (Å²) in [5.41, 5.74) is 5.28. The summed E-state index contributed by atoms with van der Waals surface area (Å²) in [6, 6.07) is 18.3. The summed E-state index contributed by atoms with van der Waals surface area (Å²) in [6.07, 6.45) is 0. The molecule has 146 valence electrons. The van der Waals surface area contributed by atoms with Crippen molar-refractivity contribution in [2.45, 2.75) is 13.8 Å². The second-order valence-corrected chi connectivity index (χ2v) is 7.23. The number of amides is 1. The maximum absolute atomic E-state index is 12.2. The Morgan fingerprint density at radius 2 is 1.83 bits per heavy atom. The van der Waals surface area contributed by atoms with Gasteiger partial charge in [0.25, 0.3) is 5.91 Å². The lowest BCUT2D eigenvalue weighted by Crippen LogP contribution is -2.20. The van der Waals surface area contributed by atoms with Gasteiger partial charge < -0.3 is 14.5 Å². The number of carbonyl (C=O) groups is 1. The summed E-state index contributed by atoms with van der Waals surface area (Å²) in [6.45, 7) is 4.02. The molecular formula is C23H19ClN2O3. The summed E-state index contributed by atoms with van der Waals surface area (Å²) >= 11 is 5.84. The van der Waals surface area contributed by atoms with Crippen molar-refractivity contribution in [2.75, 3.05) is 11.9 Å². The van der Waals surface area contributed by atoms with Crippen LogP contribution in [-0.2, 0) is 4.79 Å². The molecule has 6 heteroatoms. The molecule has 5 nitrogen and oxygen atoms in total. The number of anilines is 1. The third-order valence-corrected chi connectivity index (χ3v) is 4.86. The highest BCUT2D eigenvalue weighted by Crippen LogP contribution is 2.27. The molecular weight excluding hydrogens is 388 g/mol. The summed E-state index contributed by atoms with van der Waals surface area (Å²) in [7, 11) is 0. The smallest absolute Gasteiger partial charge is 0.262 e. The van der Waals surface area contributed by atoms with E-state index in [4.69, 9.17) is 20.8 Å². The van der Waals surface area contributed by atoms with Gasteiger partial charge in [-0.3, -0.25) is 4.79 Å². The van der Waals surface area contributed by atoms with E-state index in [0.717, 1.165) is 5.56 Å². The van der Waals surface area contributed by atoms with Crippen LogP contribution in [0.1, 0.15) is 11.1 Å². The van der Waals surface area contributed by atoms with Gasteiger partial charge >= 0.3 is 0 Å². The molecule has 1 aromatic heterocycles. The number of carbonyl (C=O) groups excluding carboxylic acids is 1. The largest absolute Gasteiger partial charge is 0.484 e. The van der Waals surface area contributed by atoms with Crippen molar-refractivity contribution in [3.63, 3.8) is 0 Å². The molecule has 0 unspecified atom stereocenters. The molecule has 0 aliphatic heterocycles. The first-order chi connectivity index (χ1) is 14.0. The number of hydrogen-bond donors (Lipinski definition) is 1. The average molecular weight is 407 g/mol. The minimum atomic E-state index is -0.267. The number of fused-ring (bicyclic) bond motifs is 1. The van der Waals surface area contributed by atoms with Crippen molar-refractivity contribution >= 4 is 34.3 Å². The molecule has 0 saturated carbocycles. The number of oxazole rings is 1. The molecule has 0 spiro atoms. The van der Waals surface area contributed by atoms with Gasteiger partial charge in [0, 0.05) is 16.3 Å². The van der Waals surface area contributed by atoms with Crippen LogP contribution in [0.25, 0.3) is 22.6 Å².